The Morgan fingerprint density at radius 2 is 2.05 bits per heavy atom. The highest BCUT2D eigenvalue weighted by molar-refractivity contribution is 6.30. The molecule has 3 nitrogen and oxygen atoms in total. The number of nitrogens with one attached hydrogen (secondary N) is 2. The molecule has 2 amide bonds. The van der Waals surface area contributed by atoms with Gasteiger partial charge in [-0.3, -0.25) is 0 Å². The minimum atomic E-state index is -0.219. The molecule has 0 saturated carbocycles. The zero-order valence-corrected chi connectivity index (χ0v) is 12.6. The van der Waals surface area contributed by atoms with Crippen LogP contribution in [0.25, 0.3) is 0 Å². The fourth-order valence-corrected chi connectivity index (χ4v) is 1.48. The second kappa shape index (κ2) is 6.62. The van der Waals surface area contributed by atoms with Gasteiger partial charge in [-0.1, -0.05) is 50.1 Å². The van der Waals surface area contributed by atoms with Gasteiger partial charge in [0.1, 0.15) is 0 Å². The van der Waals surface area contributed by atoms with Crippen LogP contribution >= 0.6 is 11.6 Å². The molecule has 1 aromatic carbocycles. The smallest absolute Gasteiger partial charge is 0.319 e. The van der Waals surface area contributed by atoms with Crippen LogP contribution in [-0.4, -0.2) is 6.03 Å². The Morgan fingerprint density at radius 1 is 1.37 bits per heavy atom. The van der Waals surface area contributed by atoms with Crippen molar-refractivity contribution in [1.29, 1.82) is 0 Å². The first kappa shape index (κ1) is 15.6. The molecule has 0 atom stereocenters. The predicted molar refractivity (Wildman–Crippen MR) is 80.0 cm³/mol. The third kappa shape index (κ3) is 5.79. The quantitative estimate of drug-likeness (QED) is 0.860. The van der Waals surface area contributed by atoms with Crippen molar-refractivity contribution in [3.05, 3.63) is 46.6 Å². The van der Waals surface area contributed by atoms with Gasteiger partial charge in [0.25, 0.3) is 0 Å². The van der Waals surface area contributed by atoms with Crippen LogP contribution in [0.5, 0.6) is 0 Å². The number of allylic oxidation sites excluding steroid dienone is 1. The lowest BCUT2D eigenvalue weighted by molar-refractivity contribution is 0.243. The van der Waals surface area contributed by atoms with Crippen molar-refractivity contribution in [2.45, 2.75) is 34.2 Å². The zero-order chi connectivity index (χ0) is 14.5. The highest BCUT2D eigenvalue weighted by atomic mass is 35.5. The van der Waals surface area contributed by atoms with Gasteiger partial charge in [0, 0.05) is 17.8 Å². The number of hydrogen-bond donors (Lipinski definition) is 2. The summed E-state index contributed by atoms with van der Waals surface area (Å²) in [5.41, 5.74) is 2.14. The molecule has 0 unspecified atom stereocenters. The third-order valence-corrected chi connectivity index (χ3v) is 3.18. The van der Waals surface area contributed by atoms with Gasteiger partial charge in [-0.15, -0.1) is 0 Å². The summed E-state index contributed by atoms with van der Waals surface area (Å²) < 4.78 is 0. The predicted octanol–water partition coefficient (Wildman–Crippen LogP) is 4.09. The second-order valence-corrected chi connectivity index (χ2v) is 5.97. The van der Waals surface area contributed by atoms with Crippen LogP contribution < -0.4 is 10.6 Å². The van der Waals surface area contributed by atoms with E-state index in [2.05, 4.69) is 31.4 Å². The first-order valence-electron chi connectivity index (χ1n) is 6.25. The van der Waals surface area contributed by atoms with E-state index < -0.39 is 0 Å². The van der Waals surface area contributed by atoms with Gasteiger partial charge in [0.15, 0.2) is 0 Å². The molecule has 0 aliphatic rings. The molecule has 0 bridgehead atoms. The van der Waals surface area contributed by atoms with Crippen LogP contribution in [0.3, 0.4) is 0 Å². The molecule has 1 aromatic rings. The molecule has 19 heavy (non-hydrogen) atoms. The summed E-state index contributed by atoms with van der Waals surface area (Å²) >= 11 is 5.88. The molecule has 0 heterocycles. The first-order valence-corrected chi connectivity index (χ1v) is 6.63. The van der Waals surface area contributed by atoms with Gasteiger partial charge in [0.05, 0.1) is 0 Å². The number of urea groups is 1. The Balaban J connectivity index is 2.45. The summed E-state index contributed by atoms with van der Waals surface area (Å²) in [4.78, 5) is 11.6. The van der Waals surface area contributed by atoms with E-state index in [0.29, 0.717) is 11.6 Å². The molecule has 0 aliphatic heterocycles. The van der Waals surface area contributed by atoms with Crippen LogP contribution in [0.1, 0.15) is 33.3 Å². The maximum absolute atomic E-state index is 11.6. The number of hydrogen-bond acceptors (Lipinski definition) is 1. The van der Waals surface area contributed by atoms with Crippen molar-refractivity contribution < 1.29 is 4.79 Å². The van der Waals surface area contributed by atoms with Crippen molar-refractivity contribution >= 4 is 17.6 Å². The molecule has 1 rings (SSSR count). The van der Waals surface area contributed by atoms with Gasteiger partial charge in [-0.25, -0.2) is 4.79 Å². The minimum absolute atomic E-state index is 0.0558. The monoisotopic (exact) mass is 280 g/mol. The normalized spacial score (nSPS) is 12.2. The highest BCUT2D eigenvalue weighted by Gasteiger charge is 2.12. The Morgan fingerprint density at radius 3 is 2.63 bits per heavy atom. The van der Waals surface area contributed by atoms with E-state index in [1.807, 2.05) is 25.1 Å². The summed E-state index contributed by atoms with van der Waals surface area (Å²) in [6.07, 6.45) is 1.74. The lowest BCUT2D eigenvalue weighted by Crippen LogP contribution is -2.32. The van der Waals surface area contributed by atoms with E-state index >= 15 is 0 Å². The fourth-order valence-electron chi connectivity index (χ4n) is 1.27. The average Bonchev–Trinajstić information content (AvgIpc) is 2.32. The SMILES string of the molecule is C/C(=C\NC(=O)NCc1cccc(Cl)c1)C(C)(C)C. The topological polar surface area (TPSA) is 41.1 Å². The van der Waals surface area contributed by atoms with Crippen LogP contribution in [0.2, 0.25) is 5.02 Å². The van der Waals surface area contributed by atoms with Crippen molar-refractivity contribution in [1.82, 2.24) is 10.6 Å². The van der Waals surface area contributed by atoms with Crippen LogP contribution in [0, 0.1) is 5.41 Å². The molecule has 0 saturated heterocycles. The van der Waals surface area contributed by atoms with E-state index in [9.17, 15) is 4.79 Å². The van der Waals surface area contributed by atoms with Gasteiger partial charge in [0.2, 0.25) is 0 Å². The van der Waals surface area contributed by atoms with Crippen LogP contribution in [0.15, 0.2) is 36.0 Å². The van der Waals surface area contributed by atoms with E-state index in [0.717, 1.165) is 11.1 Å². The number of carbonyl (C=O) groups excluding carboxylic acids is 1. The molecule has 0 aliphatic carbocycles. The molecular formula is C15H21ClN2O. The number of benzene rings is 1. The maximum Gasteiger partial charge on any atom is 0.319 e. The van der Waals surface area contributed by atoms with Gasteiger partial charge < -0.3 is 10.6 Å². The van der Waals surface area contributed by atoms with Crippen molar-refractivity contribution in [2.75, 3.05) is 0 Å². The number of amides is 2. The maximum atomic E-state index is 11.6. The summed E-state index contributed by atoms with van der Waals surface area (Å²) in [7, 11) is 0. The Labute approximate surface area is 120 Å². The number of halogens is 1. The zero-order valence-electron chi connectivity index (χ0n) is 11.9. The van der Waals surface area contributed by atoms with E-state index in [1.165, 1.54) is 0 Å². The highest BCUT2D eigenvalue weighted by Crippen LogP contribution is 2.23. The summed E-state index contributed by atoms with van der Waals surface area (Å²) in [5, 5.41) is 6.18. The third-order valence-electron chi connectivity index (χ3n) is 2.94. The van der Waals surface area contributed by atoms with Crippen LogP contribution in [-0.2, 0) is 6.54 Å². The summed E-state index contributed by atoms with van der Waals surface area (Å²) in [6.45, 7) is 8.76. The van der Waals surface area contributed by atoms with E-state index in [1.54, 1.807) is 12.3 Å². The molecule has 0 radical (unpaired) electrons. The molecular weight excluding hydrogens is 260 g/mol. The summed E-state index contributed by atoms with van der Waals surface area (Å²) in [6, 6.07) is 7.20. The molecule has 4 heteroatoms. The summed E-state index contributed by atoms with van der Waals surface area (Å²) in [5.74, 6) is 0. The molecule has 2 N–H and O–H groups in total. The lowest BCUT2D eigenvalue weighted by Gasteiger charge is -2.19. The second-order valence-electron chi connectivity index (χ2n) is 5.53. The van der Waals surface area contributed by atoms with Crippen molar-refractivity contribution in [2.24, 2.45) is 5.41 Å². The molecule has 0 spiro atoms. The lowest BCUT2D eigenvalue weighted by atomic mass is 9.88. The average molecular weight is 281 g/mol. The van der Waals surface area contributed by atoms with E-state index in [4.69, 9.17) is 11.6 Å². The van der Waals surface area contributed by atoms with Gasteiger partial charge in [-0.05, 0) is 30.0 Å². The minimum Gasteiger partial charge on any atom is -0.334 e. The standard InChI is InChI=1S/C15H21ClN2O/c1-11(15(2,3)4)9-17-14(19)18-10-12-6-5-7-13(16)8-12/h5-9H,10H2,1-4H3,(H2,17,18,19)/b11-9+. The van der Waals surface area contributed by atoms with Gasteiger partial charge in [-0.2, -0.15) is 0 Å². The Kier molecular flexibility index (Phi) is 5.43. The number of carbonyl (C=O) groups is 1. The van der Waals surface area contributed by atoms with Gasteiger partial charge >= 0.3 is 6.03 Å². The Bertz CT molecular complexity index is 475. The Hall–Kier alpha value is -1.48. The fraction of sp³-hybridized carbons (Fsp3) is 0.400. The van der Waals surface area contributed by atoms with Crippen molar-refractivity contribution in [3.63, 3.8) is 0 Å². The molecule has 0 aromatic heterocycles. The van der Waals surface area contributed by atoms with Crippen molar-refractivity contribution in [3.8, 4) is 0 Å². The molecule has 0 fully saturated rings. The number of rotatable bonds is 3. The first-order chi connectivity index (χ1) is 8.79. The molecule has 104 valence electrons. The van der Waals surface area contributed by atoms with Crippen LogP contribution in [0.4, 0.5) is 4.79 Å². The van der Waals surface area contributed by atoms with E-state index in [-0.39, 0.29) is 11.4 Å². The largest absolute Gasteiger partial charge is 0.334 e.